The maximum absolute atomic E-state index is 13.8. The van der Waals surface area contributed by atoms with Crippen LogP contribution in [0.1, 0.15) is 31.2 Å². The number of nitrogens with zero attached hydrogens (tertiary/aromatic N) is 1. The van der Waals surface area contributed by atoms with Gasteiger partial charge in [-0.25, -0.2) is 4.39 Å². The Morgan fingerprint density at radius 3 is 2.55 bits per heavy atom. The smallest absolute Gasteiger partial charge is 0.227 e. The van der Waals surface area contributed by atoms with Crippen LogP contribution in [0.4, 0.5) is 4.39 Å². The molecule has 3 nitrogen and oxygen atoms in total. The summed E-state index contributed by atoms with van der Waals surface area (Å²) in [5, 5.41) is 3.73. The number of nitrogens with one attached hydrogen (secondary N) is 1. The molecule has 1 aromatic rings. The van der Waals surface area contributed by atoms with E-state index in [-0.39, 0.29) is 12.3 Å². The maximum Gasteiger partial charge on any atom is 0.227 e. The molecule has 2 aliphatic heterocycles. The van der Waals surface area contributed by atoms with Gasteiger partial charge in [0, 0.05) is 23.7 Å². The molecule has 5 heteroatoms. The van der Waals surface area contributed by atoms with Crippen molar-refractivity contribution in [3.8, 4) is 0 Å². The molecule has 120 valence electrons. The van der Waals surface area contributed by atoms with Gasteiger partial charge in [0.2, 0.25) is 5.91 Å². The van der Waals surface area contributed by atoms with E-state index in [0.717, 1.165) is 39.0 Å². The Hall–Kier alpha value is -1.13. The van der Waals surface area contributed by atoms with E-state index in [2.05, 4.69) is 5.32 Å². The van der Waals surface area contributed by atoms with Crippen LogP contribution in [0.25, 0.3) is 0 Å². The number of likely N-dealkylation sites (tertiary alicyclic amines) is 1. The van der Waals surface area contributed by atoms with Gasteiger partial charge < -0.3 is 10.2 Å². The van der Waals surface area contributed by atoms with Gasteiger partial charge in [-0.15, -0.1) is 0 Å². The zero-order valence-electron chi connectivity index (χ0n) is 12.7. The summed E-state index contributed by atoms with van der Waals surface area (Å²) in [4.78, 5) is 14.3. The van der Waals surface area contributed by atoms with Crippen molar-refractivity contribution in [2.45, 2.75) is 32.1 Å². The molecule has 2 heterocycles. The highest BCUT2D eigenvalue weighted by Crippen LogP contribution is 2.39. The lowest BCUT2D eigenvalue weighted by atomic mass is 9.71. The Kier molecular flexibility index (Phi) is 4.69. The molecule has 2 saturated heterocycles. The first-order chi connectivity index (χ1) is 10.6. The number of amides is 1. The van der Waals surface area contributed by atoms with Crippen molar-refractivity contribution in [3.05, 3.63) is 34.6 Å². The maximum atomic E-state index is 13.8. The van der Waals surface area contributed by atoms with Gasteiger partial charge in [0.05, 0.1) is 6.42 Å². The van der Waals surface area contributed by atoms with Crippen molar-refractivity contribution in [1.82, 2.24) is 10.2 Å². The Labute approximate surface area is 135 Å². The normalized spacial score (nSPS) is 21.1. The van der Waals surface area contributed by atoms with Crippen molar-refractivity contribution in [2.75, 3.05) is 26.2 Å². The van der Waals surface area contributed by atoms with E-state index in [1.54, 1.807) is 12.1 Å². The summed E-state index contributed by atoms with van der Waals surface area (Å²) in [5.41, 5.74) is 0.730. The van der Waals surface area contributed by atoms with E-state index in [9.17, 15) is 9.18 Å². The summed E-state index contributed by atoms with van der Waals surface area (Å²) in [6, 6.07) is 4.55. The summed E-state index contributed by atoms with van der Waals surface area (Å²) in [6.07, 6.45) is 4.58. The highest BCUT2D eigenvalue weighted by Gasteiger charge is 2.36. The summed E-state index contributed by atoms with van der Waals surface area (Å²) >= 11 is 6.01. The number of halogens is 2. The Morgan fingerprint density at radius 2 is 1.91 bits per heavy atom. The van der Waals surface area contributed by atoms with Crippen LogP contribution in [0.5, 0.6) is 0 Å². The molecule has 3 rings (SSSR count). The zero-order chi connectivity index (χ0) is 15.6. The first-order valence-corrected chi connectivity index (χ1v) is 8.39. The van der Waals surface area contributed by atoms with Crippen LogP contribution < -0.4 is 5.32 Å². The van der Waals surface area contributed by atoms with Gasteiger partial charge >= 0.3 is 0 Å². The molecule has 1 N–H and O–H groups in total. The van der Waals surface area contributed by atoms with Crippen LogP contribution in [-0.4, -0.2) is 37.0 Å². The fourth-order valence-corrected chi connectivity index (χ4v) is 3.88. The standard InChI is InChI=1S/C17H22ClFN2O/c18-14-2-1-3-15(19)13(14)12-16(22)21-10-6-17(7-11-21)4-8-20-9-5-17/h1-3,20H,4-12H2. The van der Waals surface area contributed by atoms with E-state index < -0.39 is 5.82 Å². The lowest BCUT2D eigenvalue weighted by Crippen LogP contribution is -2.47. The topological polar surface area (TPSA) is 32.3 Å². The number of benzene rings is 1. The second-order valence-electron chi connectivity index (χ2n) is 6.51. The van der Waals surface area contributed by atoms with E-state index in [1.807, 2.05) is 4.90 Å². The van der Waals surface area contributed by atoms with Gasteiger partial charge in [0.15, 0.2) is 0 Å². The van der Waals surface area contributed by atoms with Crippen LogP contribution in [0, 0.1) is 11.2 Å². The molecule has 0 bridgehead atoms. The van der Waals surface area contributed by atoms with Crippen molar-refractivity contribution >= 4 is 17.5 Å². The Bertz CT molecular complexity index is 527. The minimum absolute atomic E-state index is 0.0178. The lowest BCUT2D eigenvalue weighted by Gasteiger charge is -2.44. The highest BCUT2D eigenvalue weighted by atomic mass is 35.5. The molecule has 1 aromatic carbocycles. The average molecular weight is 325 g/mol. The van der Waals surface area contributed by atoms with Gasteiger partial charge in [0.25, 0.3) is 0 Å². The average Bonchev–Trinajstić information content (AvgIpc) is 2.52. The number of piperidine rings is 2. The van der Waals surface area contributed by atoms with Crippen LogP contribution in [0.3, 0.4) is 0 Å². The minimum Gasteiger partial charge on any atom is -0.342 e. The van der Waals surface area contributed by atoms with Gasteiger partial charge in [-0.1, -0.05) is 17.7 Å². The van der Waals surface area contributed by atoms with Crippen molar-refractivity contribution < 1.29 is 9.18 Å². The van der Waals surface area contributed by atoms with Crippen LogP contribution >= 0.6 is 11.6 Å². The fraction of sp³-hybridized carbons (Fsp3) is 0.588. The summed E-state index contributed by atoms with van der Waals surface area (Å²) in [6.45, 7) is 3.73. The first-order valence-electron chi connectivity index (χ1n) is 8.01. The third-order valence-corrected chi connectivity index (χ3v) is 5.58. The summed E-state index contributed by atoms with van der Waals surface area (Å²) in [5.74, 6) is -0.413. The predicted molar refractivity (Wildman–Crippen MR) is 85.5 cm³/mol. The molecule has 22 heavy (non-hydrogen) atoms. The first kappa shape index (κ1) is 15.8. The predicted octanol–water partition coefficient (Wildman–Crippen LogP) is 3.01. The second kappa shape index (κ2) is 6.55. The van der Waals surface area contributed by atoms with Crippen LogP contribution in [-0.2, 0) is 11.2 Å². The third-order valence-electron chi connectivity index (χ3n) is 5.23. The monoisotopic (exact) mass is 324 g/mol. The van der Waals surface area contributed by atoms with Crippen LogP contribution in [0.15, 0.2) is 18.2 Å². The van der Waals surface area contributed by atoms with E-state index in [1.165, 1.54) is 18.9 Å². The molecule has 1 amide bonds. The number of carbonyl (C=O) groups is 1. The molecular formula is C17H22ClFN2O. The van der Waals surface area contributed by atoms with Crippen molar-refractivity contribution in [1.29, 1.82) is 0 Å². The molecule has 0 radical (unpaired) electrons. The molecule has 0 saturated carbocycles. The van der Waals surface area contributed by atoms with E-state index in [4.69, 9.17) is 11.6 Å². The number of carbonyl (C=O) groups excluding carboxylic acids is 1. The number of rotatable bonds is 2. The zero-order valence-corrected chi connectivity index (χ0v) is 13.5. The molecule has 0 aromatic heterocycles. The SMILES string of the molecule is O=C(Cc1c(F)cccc1Cl)N1CCC2(CCNCC2)CC1. The largest absolute Gasteiger partial charge is 0.342 e. The molecular weight excluding hydrogens is 303 g/mol. The molecule has 0 aliphatic carbocycles. The molecule has 1 spiro atoms. The number of hydrogen-bond acceptors (Lipinski definition) is 2. The van der Waals surface area contributed by atoms with Crippen molar-refractivity contribution in [2.24, 2.45) is 5.41 Å². The summed E-state index contributed by atoms with van der Waals surface area (Å²) < 4.78 is 13.8. The van der Waals surface area contributed by atoms with Crippen LogP contribution in [0.2, 0.25) is 5.02 Å². The van der Waals surface area contributed by atoms with Gasteiger partial charge in [-0.3, -0.25) is 4.79 Å². The highest BCUT2D eigenvalue weighted by molar-refractivity contribution is 6.31. The molecule has 0 unspecified atom stereocenters. The molecule has 2 aliphatic rings. The quantitative estimate of drug-likeness (QED) is 0.907. The Morgan fingerprint density at radius 1 is 1.23 bits per heavy atom. The molecule has 2 fully saturated rings. The second-order valence-corrected chi connectivity index (χ2v) is 6.91. The summed E-state index contributed by atoms with van der Waals surface area (Å²) in [7, 11) is 0. The minimum atomic E-state index is -0.396. The molecule has 0 atom stereocenters. The van der Waals surface area contributed by atoms with Crippen molar-refractivity contribution in [3.63, 3.8) is 0 Å². The van der Waals surface area contributed by atoms with E-state index >= 15 is 0 Å². The number of hydrogen-bond donors (Lipinski definition) is 1. The third kappa shape index (κ3) is 3.28. The Balaban J connectivity index is 1.60. The lowest BCUT2D eigenvalue weighted by molar-refractivity contribution is -0.133. The van der Waals surface area contributed by atoms with Gasteiger partial charge in [0.1, 0.15) is 5.82 Å². The van der Waals surface area contributed by atoms with Gasteiger partial charge in [-0.05, 0) is 56.3 Å². The fourth-order valence-electron chi connectivity index (χ4n) is 3.65. The van der Waals surface area contributed by atoms with E-state index in [0.29, 0.717) is 16.0 Å². The van der Waals surface area contributed by atoms with Gasteiger partial charge in [-0.2, -0.15) is 0 Å².